The summed E-state index contributed by atoms with van der Waals surface area (Å²) >= 11 is 0. The number of ketones is 1. The lowest BCUT2D eigenvalue weighted by Crippen LogP contribution is -2.38. The minimum Gasteiger partial charge on any atom is -0.395 e. The molecule has 0 aliphatic heterocycles. The molecule has 0 fully saturated rings. The second-order valence-corrected chi connectivity index (χ2v) is 6.87. The highest BCUT2D eigenvalue weighted by Gasteiger charge is 2.29. The fourth-order valence-electron chi connectivity index (χ4n) is 1.48. The third-order valence-electron chi connectivity index (χ3n) is 2.18. The number of hydrogen-bond donors (Lipinski definition) is 0. The van der Waals surface area contributed by atoms with Crippen LogP contribution in [0.2, 0.25) is 12.6 Å². The molecule has 3 nitrogen and oxygen atoms in total. The maximum Gasteiger partial charge on any atom is 0.334 e. The summed E-state index contributed by atoms with van der Waals surface area (Å²) < 4.78 is 11.3. The molecule has 0 rings (SSSR count). The van der Waals surface area contributed by atoms with E-state index in [-0.39, 0.29) is 5.78 Å². The van der Waals surface area contributed by atoms with Crippen LogP contribution in [-0.4, -0.2) is 27.6 Å². The van der Waals surface area contributed by atoms with Crippen LogP contribution in [0, 0.1) is 0 Å². The Kier molecular flexibility index (Phi) is 7.55. The first-order valence-electron chi connectivity index (χ1n) is 5.51. The molecule has 0 radical (unpaired) electrons. The van der Waals surface area contributed by atoms with E-state index in [9.17, 15) is 4.79 Å². The van der Waals surface area contributed by atoms with Gasteiger partial charge in [0.2, 0.25) is 0 Å². The first-order valence-corrected chi connectivity index (χ1v) is 8.03. The van der Waals surface area contributed by atoms with Crippen LogP contribution in [0.4, 0.5) is 0 Å². The number of carbonyl (C=O) groups is 1. The highest BCUT2D eigenvalue weighted by atomic mass is 28.4. The largest absolute Gasteiger partial charge is 0.395 e. The fraction of sp³-hybridized carbons (Fsp3) is 0.727. The van der Waals surface area contributed by atoms with E-state index in [1.54, 1.807) is 0 Å². The average Bonchev–Trinajstić information content (AvgIpc) is 2.18. The standard InChI is InChI=1S/C11H22O3Si/c1-5-11(12)9-8-10-15(4,13-6-2)14-7-3/h5H,1,6-10H2,2-4H3. The SMILES string of the molecule is C=CC(=O)CCC[Si](C)(OCC)OCC. The van der Waals surface area contributed by atoms with Crippen molar-refractivity contribution in [1.82, 2.24) is 0 Å². The van der Waals surface area contributed by atoms with Gasteiger partial charge in [-0.05, 0) is 38.9 Å². The van der Waals surface area contributed by atoms with Gasteiger partial charge in [-0.1, -0.05) is 6.58 Å². The molecule has 0 amide bonds. The van der Waals surface area contributed by atoms with Crippen LogP contribution in [0.25, 0.3) is 0 Å². The number of allylic oxidation sites excluding steroid dienone is 1. The highest BCUT2D eigenvalue weighted by molar-refractivity contribution is 6.66. The van der Waals surface area contributed by atoms with Crippen molar-refractivity contribution in [3.63, 3.8) is 0 Å². The van der Waals surface area contributed by atoms with Crippen molar-refractivity contribution in [2.45, 2.75) is 39.3 Å². The van der Waals surface area contributed by atoms with Gasteiger partial charge in [0.05, 0.1) is 0 Å². The molecule has 0 bridgehead atoms. The Morgan fingerprint density at radius 3 is 2.27 bits per heavy atom. The lowest BCUT2D eigenvalue weighted by atomic mass is 10.2. The lowest BCUT2D eigenvalue weighted by Gasteiger charge is -2.25. The van der Waals surface area contributed by atoms with E-state index in [0.717, 1.165) is 12.5 Å². The Balaban J connectivity index is 3.94. The zero-order chi connectivity index (χ0) is 11.7. The van der Waals surface area contributed by atoms with Gasteiger partial charge < -0.3 is 8.85 Å². The van der Waals surface area contributed by atoms with E-state index in [4.69, 9.17) is 8.85 Å². The van der Waals surface area contributed by atoms with E-state index in [2.05, 4.69) is 13.1 Å². The molecule has 0 saturated carbocycles. The van der Waals surface area contributed by atoms with Gasteiger partial charge in [-0.15, -0.1) is 0 Å². The Labute approximate surface area is 93.7 Å². The highest BCUT2D eigenvalue weighted by Crippen LogP contribution is 2.17. The molecule has 0 heterocycles. The predicted octanol–water partition coefficient (Wildman–Crippen LogP) is 2.67. The van der Waals surface area contributed by atoms with Crippen molar-refractivity contribution in [1.29, 1.82) is 0 Å². The van der Waals surface area contributed by atoms with Gasteiger partial charge in [-0.2, -0.15) is 0 Å². The van der Waals surface area contributed by atoms with Gasteiger partial charge in [-0.25, -0.2) is 0 Å². The molecule has 0 spiro atoms. The molecule has 0 saturated heterocycles. The van der Waals surface area contributed by atoms with Crippen LogP contribution in [-0.2, 0) is 13.6 Å². The van der Waals surface area contributed by atoms with Crippen LogP contribution in [0.15, 0.2) is 12.7 Å². The summed E-state index contributed by atoms with van der Waals surface area (Å²) in [7, 11) is -2.02. The summed E-state index contributed by atoms with van der Waals surface area (Å²) in [5.41, 5.74) is 0. The Morgan fingerprint density at radius 1 is 1.33 bits per heavy atom. The molecule has 0 aromatic rings. The van der Waals surface area contributed by atoms with Gasteiger partial charge in [0.15, 0.2) is 5.78 Å². The lowest BCUT2D eigenvalue weighted by molar-refractivity contribution is -0.114. The summed E-state index contributed by atoms with van der Waals surface area (Å²) in [6.07, 6.45) is 2.75. The molecular weight excluding hydrogens is 208 g/mol. The van der Waals surface area contributed by atoms with Gasteiger partial charge in [0.25, 0.3) is 0 Å². The average molecular weight is 230 g/mol. The zero-order valence-corrected chi connectivity index (χ0v) is 11.0. The maximum atomic E-state index is 11.0. The number of rotatable bonds is 9. The molecule has 0 unspecified atom stereocenters. The smallest absolute Gasteiger partial charge is 0.334 e. The predicted molar refractivity (Wildman–Crippen MR) is 64.1 cm³/mol. The van der Waals surface area contributed by atoms with Crippen molar-refractivity contribution < 1.29 is 13.6 Å². The van der Waals surface area contributed by atoms with Crippen molar-refractivity contribution in [2.24, 2.45) is 0 Å². The van der Waals surface area contributed by atoms with Crippen molar-refractivity contribution in [3.8, 4) is 0 Å². The molecule has 0 aromatic heterocycles. The van der Waals surface area contributed by atoms with Crippen LogP contribution in [0.3, 0.4) is 0 Å². The Hall–Kier alpha value is -0.453. The molecule has 0 atom stereocenters. The molecule has 4 heteroatoms. The molecule has 0 aliphatic carbocycles. The summed E-state index contributed by atoms with van der Waals surface area (Å²) in [5.74, 6) is 0.0966. The molecule has 0 N–H and O–H groups in total. The monoisotopic (exact) mass is 230 g/mol. The quantitative estimate of drug-likeness (QED) is 0.451. The van der Waals surface area contributed by atoms with E-state index in [1.807, 2.05) is 13.8 Å². The zero-order valence-electron chi connectivity index (χ0n) is 10.0. The van der Waals surface area contributed by atoms with E-state index in [0.29, 0.717) is 19.6 Å². The topological polar surface area (TPSA) is 35.5 Å². The van der Waals surface area contributed by atoms with Gasteiger partial charge in [0.1, 0.15) is 0 Å². The minimum absolute atomic E-state index is 0.0966. The first kappa shape index (κ1) is 14.5. The molecule has 0 aromatic carbocycles. The van der Waals surface area contributed by atoms with Crippen LogP contribution in [0.5, 0.6) is 0 Å². The Bertz CT molecular complexity index is 198. The number of hydrogen-bond acceptors (Lipinski definition) is 3. The van der Waals surface area contributed by atoms with Crippen LogP contribution < -0.4 is 0 Å². The normalized spacial score (nSPS) is 11.4. The third-order valence-corrected chi connectivity index (χ3v) is 5.24. The minimum atomic E-state index is -2.02. The van der Waals surface area contributed by atoms with Crippen molar-refractivity contribution in [3.05, 3.63) is 12.7 Å². The molecule has 15 heavy (non-hydrogen) atoms. The second-order valence-electron chi connectivity index (χ2n) is 3.52. The number of carbonyl (C=O) groups excluding carboxylic acids is 1. The fourth-order valence-corrected chi connectivity index (χ4v) is 3.89. The summed E-state index contributed by atoms with van der Waals surface area (Å²) in [6, 6.07) is 0.869. The van der Waals surface area contributed by atoms with Crippen LogP contribution >= 0.6 is 0 Å². The molecule has 0 aliphatic rings. The van der Waals surface area contributed by atoms with Crippen molar-refractivity contribution in [2.75, 3.05) is 13.2 Å². The van der Waals surface area contributed by atoms with E-state index < -0.39 is 8.56 Å². The Morgan fingerprint density at radius 2 is 1.87 bits per heavy atom. The maximum absolute atomic E-state index is 11.0. The third kappa shape index (κ3) is 6.60. The van der Waals surface area contributed by atoms with Crippen LogP contribution in [0.1, 0.15) is 26.7 Å². The summed E-state index contributed by atoms with van der Waals surface area (Å²) in [6.45, 7) is 10.8. The van der Waals surface area contributed by atoms with Gasteiger partial charge >= 0.3 is 8.56 Å². The van der Waals surface area contributed by atoms with Gasteiger partial charge in [0, 0.05) is 19.6 Å². The van der Waals surface area contributed by atoms with E-state index in [1.165, 1.54) is 6.08 Å². The van der Waals surface area contributed by atoms with Gasteiger partial charge in [-0.3, -0.25) is 4.79 Å². The van der Waals surface area contributed by atoms with Crippen molar-refractivity contribution >= 4 is 14.3 Å². The second kappa shape index (κ2) is 7.79. The summed E-state index contributed by atoms with van der Waals surface area (Å²) in [5, 5.41) is 0. The molecular formula is C11H22O3Si. The molecule has 88 valence electrons. The van der Waals surface area contributed by atoms with E-state index >= 15 is 0 Å². The first-order chi connectivity index (χ1) is 7.08. The summed E-state index contributed by atoms with van der Waals surface area (Å²) in [4.78, 5) is 11.0.